The van der Waals surface area contributed by atoms with E-state index in [2.05, 4.69) is 13.2 Å². The lowest BCUT2D eigenvalue weighted by Gasteiger charge is -2.26. The van der Waals surface area contributed by atoms with E-state index in [0.29, 0.717) is 24.3 Å². The molecule has 0 radical (unpaired) electrons. The van der Waals surface area contributed by atoms with Gasteiger partial charge in [0.25, 0.3) is 0 Å². The zero-order chi connectivity index (χ0) is 12.3. The predicted molar refractivity (Wildman–Crippen MR) is 66.1 cm³/mol. The van der Waals surface area contributed by atoms with Crippen LogP contribution in [0.1, 0.15) is 18.4 Å². The minimum atomic E-state index is -0.968. The van der Waals surface area contributed by atoms with E-state index in [9.17, 15) is 5.11 Å². The molecule has 1 aromatic carbocycles. The van der Waals surface area contributed by atoms with E-state index >= 15 is 0 Å². The molecule has 0 amide bonds. The molecule has 17 heavy (non-hydrogen) atoms. The van der Waals surface area contributed by atoms with Crippen LogP contribution in [0.2, 0.25) is 0 Å². The van der Waals surface area contributed by atoms with Gasteiger partial charge >= 0.3 is 0 Å². The lowest BCUT2D eigenvalue weighted by Crippen LogP contribution is -2.24. The summed E-state index contributed by atoms with van der Waals surface area (Å²) in [5.74, 6) is 1.39. The molecular formula is C14H16O3. The average molecular weight is 232 g/mol. The Balaban J connectivity index is 2.36. The standard InChI is InChI=1S/C14H16O3/c1-3-7-14(15,8-4-2)11-5-6-12-13(9-11)17-10-16-12/h3-6,9,15H,1-2,7-8,10H2. The van der Waals surface area contributed by atoms with Crippen LogP contribution in [0.15, 0.2) is 43.5 Å². The van der Waals surface area contributed by atoms with E-state index in [4.69, 9.17) is 9.47 Å². The highest BCUT2D eigenvalue weighted by Crippen LogP contribution is 2.38. The minimum absolute atomic E-state index is 0.236. The summed E-state index contributed by atoms with van der Waals surface area (Å²) in [5.41, 5.74) is -0.175. The first-order chi connectivity index (χ1) is 8.19. The molecule has 90 valence electrons. The summed E-state index contributed by atoms with van der Waals surface area (Å²) in [6, 6.07) is 5.48. The summed E-state index contributed by atoms with van der Waals surface area (Å²) in [6.07, 6.45) is 4.35. The van der Waals surface area contributed by atoms with Crippen LogP contribution in [-0.2, 0) is 5.60 Å². The molecule has 1 N–H and O–H groups in total. The van der Waals surface area contributed by atoms with Gasteiger partial charge in [-0.25, -0.2) is 0 Å². The first kappa shape index (κ1) is 11.7. The molecule has 1 aliphatic heterocycles. The summed E-state index contributed by atoms with van der Waals surface area (Å²) in [6.45, 7) is 7.59. The van der Waals surface area contributed by atoms with Crippen molar-refractivity contribution in [2.24, 2.45) is 0 Å². The smallest absolute Gasteiger partial charge is 0.231 e. The van der Waals surface area contributed by atoms with Crippen molar-refractivity contribution in [1.82, 2.24) is 0 Å². The van der Waals surface area contributed by atoms with Gasteiger partial charge in [-0.05, 0) is 30.5 Å². The first-order valence-electron chi connectivity index (χ1n) is 5.54. The summed E-state index contributed by atoms with van der Waals surface area (Å²) >= 11 is 0. The molecular weight excluding hydrogens is 216 g/mol. The predicted octanol–water partition coefficient (Wildman–Crippen LogP) is 2.76. The van der Waals surface area contributed by atoms with Gasteiger partial charge in [0.15, 0.2) is 11.5 Å². The van der Waals surface area contributed by atoms with Gasteiger partial charge in [0.1, 0.15) is 0 Å². The first-order valence-corrected chi connectivity index (χ1v) is 5.54. The largest absolute Gasteiger partial charge is 0.454 e. The van der Waals surface area contributed by atoms with E-state index in [-0.39, 0.29) is 6.79 Å². The van der Waals surface area contributed by atoms with Gasteiger partial charge in [-0.1, -0.05) is 18.2 Å². The van der Waals surface area contributed by atoms with Crippen LogP contribution in [0.3, 0.4) is 0 Å². The van der Waals surface area contributed by atoms with Crippen molar-refractivity contribution < 1.29 is 14.6 Å². The molecule has 3 heteroatoms. The van der Waals surface area contributed by atoms with Crippen molar-refractivity contribution in [2.75, 3.05) is 6.79 Å². The lowest BCUT2D eigenvalue weighted by molar-refractivity contribution is 0.0428. The van der Waals surface area contributed by atoms with Crippen LogP contribution in [-0.4, -0.2) is 11.9 Å². The zero-order valence-electron chi connectivity index (χ0n) is 9.69. The minimum Gasteiger partial charge on any atom is -0.454 e. The fourth-order valence-corrected chi connectivity index (χ4v) is 1.98. The Hall–Kier alpha value is -1.74. The highest BCUT2D eigenvalue weighted by Gasteiger charge is 2.28. The van der Waals surface area contributed by atoms with Crippen LogP contribution in [0, 0.1) is 0 Å². The summed E-state index contributed by atoms with van der Waals surface area (Å²) < 4.78 is 10.5. The highest BCUT2D eigenvalue weighted by molar-refractivity contribution is 5.46. The van der Waals surface area contributed by atoms with E-state index < -0.39 is 5.60 Å². The number of hydrogen-bond acceptors (Lipinski definition) is 3. The SMILES string of the molecule is C=CCC(O)(CC=C)c1ccc2c(c1)OCO2. The van der Waals surface area contributed by atoms with Gasteiger partial charge in [0.05, 0.1) is 5.60 Å². The van der Waals surface area contributed by atoms with Crippen molar-refractivity contribution in [2.45, 2.75) is 18.4 Å². The molecule has 1 aromatic rings. The van der Waals surface area contributed by atoms with Crippen molar-refractivity contribution >= 4 is 0 Å². The van der Waals surface area contributed by atoms with Crippen molar-refractivity contribution in [1.29, 1.82) is 0 Å². The van der Waals surface area contributed by atoms with E-state index in [1.807, 2.05) is 18.2 Å². The zero-order valence-corrected chi connectivity index (χ0v) is 9.69. The molecule has 0 bridgehead atoms. The lowest BCUT2D eigenvalue weighted by atomic mass is 9.87. The monoisotopic (exact) mass is 232 g/mol. The van der Waals surface area contributed by atoms with Gasteiger partial charge < -0.3 is 14.6 Å². The van der Waals surface area contributed by atoms with Crippen molar-refractivity contribution in [3.05, 3.63) is 49.1 Å². The Morgan fingerprint density at radius 1 is 1.18 bits per heavy atom. The summed E-state index contributed by atoms with van der Waals surface area (Å²) in [5, 5.41) is 10.6. The van der Waals surface area contributed by atoms with Gasteiger partial charge in [0, 0.05) is 0 Å². The number of hydrogen-bond donors (Lipinski definition) is 1. The second kappa shape index (κ2) is 4.63. The van der Waals surface area contributed by atoms with Crippen molar-refractivity contribution in [3.8, 4) is 11.5 Å². The Morgan fingerprint density at radius 2 is 1.82 bits per heavy atom. The third-order valence-electron chi connectivity index (χ3n) is 2.87. The highest BCUT2D eigenvalue weighted by atomic mass is 16.7. The maximum atomic E-state index is 10.6. The molecule has 0 aliphatic carbocycles. The van der Waals surface area contributed by atoms with Crippen LogP contribution in [0.5, 0.6) is 11.5 Å². The number of ether oxygens (including phenoxy) is 2. The second-order valence-electron chi connectivity index (χ2n) is 4.09. The van der Waals surface area contributed by atoms with Crippen molar-refractivity contribution in [3.63, 3.8) is 0 Å². The molecule has 0 spiro atoms. The fourth-order valence-electron chi connectivity index (χ4n) is 1.98. The molecule has 3 nitrogen and oxygen atoms in total. The Kier molecular flexibility index (Phi) is 3.20. The number of benzene rings is 1. The molecule has 0 saturated heterocycles. The maximum Gasteiger partial charge on any atom is 0.231 e. The van der Waals surface area contributed by atoms with Gasteiger partial charge in [0.2, 0.25) is 6.79 Å². The van der Waals surface area contributed by atoms with Crippen LogP contribution in [0.25, 0.3) is 0 Å². The van der Waals surface area contributed by atoms with Gasteiger partial charge in [-0.2, -0.15) is 0 Å². The molecule has 1 aliphatic rings. The van der Waals surface area contributed by atoms with E-state index in [1.54, 1.807) is 12.2 Å². The number of fused-ring (bicyclic) bond motifs is 1. The van der Waals surface area contributed by atoms with E-state index in [0.717, 1.165) is 5.56 Å². The molecule has 1 heterocycles. The number of aliphatic hydroxyl groups is 1. The second-order valence-corrected chi connectivity index (χ2v) is 4.09. The quantitative estimate of drug-likeness (QED) is 0.793. The topological polar surface area (TPSA) is 38.7 Å². The maximum absolute atomic E-state index is 10.6. The van der Waals surface area contributed by atoms with Gasteiger partial charge in [-0.3, -0.25) is 0 Å². The van der Waals surface area contributed by atoms with E-state index in [1.165, 1.54) is 0 Å². The Bertz CT molecular complexity index is 427. The van der Waals surface area contributed by atoms with Gasteiger partial charge in [-0.15, -0.1) is 13.2 Å². The summed E-state index contributed by atoms with van der Waals surface area (Å²) in [4.78, 5) is 0. The Morgan fingerprint density at radius 3 is 2.47 bits per heavy atom. The number of rotatable bonds is 5. The Labute approximate surface area is 101 Å². The molecule has 2 rings (SSSR count). The summed E-state index contributed by atoms with van der Waals surface area (Å²) in [7, 11) is 0. The van der Waals surface area contributed by atoms with Crippen LogP contribution >= 0.6 is 0 Å². The third kappa shape index (κ3) is 2.19. The van der Waals surface area contributed by atoms with Crippen LogP contribution in [0.4, 0.5) is 0 Å². The molecule has 0 aromatic heterocycles. The third-order valence-corrected chi connectivity index (χ3v) is 2.87. The molecule has 0 fully saturated rings. The molecule has 0 atom stereocenters. The fraction of sp³-hybridized carbons (Fsp3) is 0.286. The average Bonchev–Trinajstić information content (AvgIpc) is 2.76. The van der Waals surface area contributed by atoms with Crippen LogP contribution < -0.4 is 9.47 Å². The molecule has 0 saturated carbocycles. The molecule has 0 unspecified atom stereocenters. The normalized spacial score (nSPS) is 13.5.